The Balaban J connectivity index is 1.61. The van der Waals surface area contributed by atoms with Crippen LogP contribution in [0, 0.1) is 5.82 Å². The summed E-state index contributed by atoms with van der Waals surface area (Å²) in [4.78, 5) is 27.9. The van der Waals surface area contributed by atoms with E-state index in [2.05, 4.69) is 5.32 Å². The molecule has 5 nitrogen and oxygen atoms in total. The average Bonchev–Trinajstić information content (AvgIpc) is 3.24. The summed E-state index contributed by atoms with van der Waals surface area (Å²) >= 11 is 7.65. The van der Waals surface area contributed by atoms with Gasteiger partial charge in [0.15, 0.2) is 0 Å². The molecule has 0 fully saturated rings. The van der Waals surface area contributed by atoms with E-state index < -0.39 is 11.7 Å². The number of amides is 2. The number of carbonyl (C=O) groups excluding carboxylic acids is 2. The van der Waals surface area contributed by atoms with Gasteiger partial charge in [0.05, 0.1) is 29.1 Å². The van der Waals surface area contributed by atoms with Crippen LogP contribution in [0.25, 0.3) is 0 Å². The molecule has 2 heterocycles. The second-order valence-corrected chi connectivity index (χ2v) is 7.89. The van der Waals surface area contributed by atoms with Crippen LogP contribution in [-0.2, 0) is 6.54 Å². The van der Waals surface area contributed by atoms with Gasteiger partial charge in [-0.25, -0.2) is 4.39 Å². The van der Waals surface area contributed by atoms with E-state index in [-0.39, 0.29) is 23.0 Å². The number of hydrogen-bond donors (Lipinski definition) is 1. The molecule has 0 aliphatic carbocycles. The Hall–Kier alpha value is -2.77. The van der Waals surface area contributed by atoms with Crippen molar-refractivity contribution in [1.82, 2.24) is 5.32 Å². The van der Waals surface area contributed by atoms with E-state index in [0.29, 0.717) is 29.3 Å². The molecule has 4 rings (SSSR count). The Labute approximate surface area is 175 Å². The second-order valence-electron chi connectivity index (χ2n) is 6.35. The second kappa shape index (κ2) is 8.31. The van der Waals surface area contributed by atoms with Crippen molar-refractivity contribution in [2.45, 2.75) is 11.4 Å². The van der Waals surface area contributed by atoms with Crippen molar-refractivity contribution in [2.24, 2.45) is 0 Å². The molecule has 0 saturated heterocycles. The topological polar surface area (TPSA) is 62.6 Å². The molecule has 0 atom stereocenters. The van der Waals surface area contributed by atoms with Gasteiger partial charge in [-0.2, -0.15) is 0 Å². The van der Waals surface area contributed by atoms with E-state index >= 15 is 0 Å². The molecule has 148 valence electrons. The zero-order valence-corrected chi connectivity index (χ0v) is 16.7. The highest BCUT2D eigenvalue weighted by Crippen LogP contribution is 2.37. The number of nitrogens with zero attached hydrogens (tertiary/aromatic N) is 1. The Morgan fingerprint density at radius 3 is 2.83 bits per heavy atom. The average molecular weight is 431 g/mol. The summed E-state index contributed by atoms with van der Waals surface area (Å²) in [5.41, 5.74) is 0.797. The predicted octanol–water partition coefficient (Wildman–Crippen LogP) is 4.75. The molecule has 0 saturated carbocycles. The highest BCUT2D eigenvalue weighted by Gasteiger charge is 2.28. The predicted molar refractivity (Wildman–Crippen MR) is 110 cm³/mol. The molecule has 2 aromatic carbocycles. The molecule has 0 bridgehead atoms. The van der Waals surface area contributed by atoms with Gasteiger partial charge < -0.3 is 14.6 Å². The highest BCUT2D eigenvalue weighted by atomic mass is 35.5. The van der Waals surface area contributed by atoms with Crippen LogP contribution < -0.4 is 10.2 Å². The number of nitrogens with one attached hydrogen (secondary N) is 1. The van der Waals surface area contributed by atoms with Crippen molar-refractivity contribution in [3.8, 4) is 0 Å². The van der Waals surface area contributed by atoms with E-state index in [1.165, 1.54) is 29.4 Å². The first-order chi connectivity index (χ1) is 14.0. The van der Waals surface area contributed by atoms with Gasteiger partial charge in [0.2, 0.25) is 0 Å². The van der Waals surface area contributed by atoms with Crippen LogP contribution in [0.1, 0.15) is 26.5 Å². The third-order valence-corrected chi connectivity index (χ3v) is 5.87. The maximum Gasteiger partial charge on any atom is 0.262 e. The fraction of sp³-hybridized carbons (Fsp3) is 0.143. The fourth-order valence-corrected chi connectivity index (χ4v) is 4.31. The molecule has 8 heteroatoms. The zero-order chi connectivity index (χ0) is 20.4. The molecule has 0 radical (unpaired) electrons. The minimum absolute atomic E-state index is 0.0575. The molecular formula is C21H16ClFN2O3S. The van der Waals surface area contributed by atoms with E-state index in [1.54, 1.807) is 42.1 Å². The molecule has 0 unspecified atom stereocenters. The summed E-state index contributed by atoms with van der Waals surface area (Å²) in [6, 6.07) is 12.8. The molecule has 2 amide bonds. The van der Waals surface area contributed by atoms with Crippen LogP contribution in [-0.4, -0.2) is 24.1 Å². The molecule has 1 aliphatic heterocycles. The van der Waals surface area contributed by atoms with Crippen LogP contribution in [0.3, 0.4) is 0 Å². The number of rotatable bonds is 4. The van der Waals surface area contributed by atoms with E-state index in [0.717, 1.165) is 4.90 Å². The molecule has 29 heavy (non-hydrogen) atoms. The summed E-state index contributed by atoms with van der Waals surface area (Å²) in [5, 5.41) is 2.84. The van der Waals surface area contributed by atoms with Crippen LogP contribution in [0.5, 0.6) is 0 Å². The Morgan fingerprint density at radius 1 is 1.21 bits per heavy atom. The summed E-state index contributed by atoms with van der Waals surface area (Å²) in [5.74, 6) is -0.194. The number of hydrogen-bond acceptors (Lipinski definition) is 4. The Bertz CT molecular complexity index is 1050. The lowest BCUT2D eigenvalue weighted by Crippen LogP contribution is -2.36. The number of benzene rings is 2. The van der Waals surface area contributed by atoms with Crippen molar-refractivity contribution in [2.75, 3.05) is 17.2 Å². The SMILES string of the molecule is O=C(NCc1ccco1)c1ccc2c(c1)N(C(=O)c1c(F)cccc1Cl)CCS2. The van der Waals surface area contributed by atoms with E-state index in [9.17, 15) is 14.0 Å². The Morgan fingerprint density at radius 2 is 2.07 bits per heavy atom. The lowest BCUT2D eigenvalue weighted by molar-refractivity contribution is 0.0944. The number of furan rings is 1. The third kappa shape index (κ3) is 4.02. The minimum Gasteiger partial charge on any atom is -0.467 e. The lowest BCUT2D eigenvalue weighted by Gasteiger charge is -2.30. The molecule has 3 aromatic rings. The first-order valence-electron chi connectivity index (χ1n) is 8.88. The number of halogens is 2. The maximum absolute atomic E-state index is 14.3. The molecule has 1 aromatic heterocycles. The van der Waals surface area contributed by atoms with Gasteiger partial charge in [-0.1, -0.05) is 17.7 Å². The van der Waals surface area contributed by atoms with Gasteiger partial charge in [0, 0.05) is 22.8 Å². The van der Waals surface area contributed by atoms with E-state index in [4.69, 9.17) is 16.0 Å². The summed E-state index contributed by atoms with van der Waals surface area (Å²) in [7, 11) is 0. The minimum atomic E-state index is -0.672. The van der Waals surface area contributed by atoms with Gasteiger partial charge in [0.1, 0.15) is 11.6 Å². The van der Waals surface area contributed by atoms with Crippen LogP contribution in [0.15, 0.2) is 64.1 Å². The highest BCUT2D eigenvalue weighted by molar-refractivity contribution is 7.99. The normalized spacial score (nSPS) is 13.1. The molecule has 1 N–H and O–H groups in total. The zero-order valence-electron chi connectivity index (χ0n) is 15.2. The molecule has 1 aliphatic rings. The lowest BCUT2D eigenvalue weighted by atomic mass is 10.1. The molecule has 0 spiro atoms. The Kier molecular flexibility index (Phi) is 5.60. The number of anilines is 1. The van der Waals surface area contributed by atoms with Crippen LogP contribution in [0.4, 0.5) is 10.1 Å². The van der Waals surface area contributed by atoms with Crippen molar-refractivity contribution in [3.63, 3.8) is 0 Å². The largest absolute Gasteiger partial charge is 0.467 e. The van der Waals surface area contributed by atoms with Gasteiger partial charge in [-0.05, 0) is 42.5 Å². The monoisotopic (exact) mass is 430 g/mol. The van der Waals surface area contributed by atoms with E-state index in [1.807, 2.05) is 0 Å². The van der Waals surface area contributed by atoms with Gasteiger partial charge in [0.25, 0.3) is 11.8 Å². The number of fused-ring (bicyclic) bond motifs is 1. The number of thioether (sulfide) groups is 1. The van der Waals surface area contributed by atoms with Crippen molar-refractivity contribution in [1.29, 1.82) is 0 Å². The first kappa shape index (κ1) is 19.5. The van der Waals surface area contributed by atoms with Gasteiger partial charge in [-0.15, -0.1) is 11.8 Å². The van der Waals surface area contributed by atoms with Crippen molar-refractivity contribution >= 4 is 40.9 Å². The van der Waals surface area contributed by atoms with Gasteiger partial charge >= 0.3 is 0 Å². The first-order valence-corrected chi connectivity index (χ1v) is 10.2. The standard InChI is InChI=1S/C21H16ClFN2O3S/c22-15-4-1-5-16(23)19(15)21(27)25-8-10-29-18-7-6-13(11-17(18)25)20(26)24-12-14-3-2-9-28-14/h1-7,9,11H,8,10,12H2,(H,24,26). The molecular weight excluding hydrogens is 415 g/mol. The fourth-order valence-electron chi connectivity index (χ4n) is 3.09. The smallest absolute Gasteiger partial charge is 0.262 e. The van der Waals surface area contributed by atoms with Gasteiger partial charge in [-0.3, -0.25) is 9.59 Å². The van der Waals surface area contributed by atoms with Crippen LogP contribution >= 0.6 is 23.4 Å². The van der Waals surface area contributed by atoms with Crippen molar-refractivity contribution in [3.05, 3.63) is 82.5 Å². The third-order valence-electron chi connectivity index (χ3n) is 4.51. The quantitative estimate of drug-likeness (QED) is 0.648. The van der Waals surface area contributed by atoms with Crippen molar-refractivity contribution < 1.29 is 18.4 Å². The van der Waals surface area contributed by atoms with Crippen LogP contribution in [0.2, 0.25) is 5.02 Å². The summed E-state index contributed by atoms with van der Waals surface area (Å²) < 4.78 is 19.5. The summed E-state index contributed by atoms with van der Waals surface area (Å²) in [6.07, 6.45) is 1.54. The summed E-state index contributed by atoms with van der Waals surface area (Å²) in [6.45, 7) is 0.643. The maximum atomic E-state index is 14.3. The number of carbonyl (C=O) groups is 2.